The lowest BCUT2D eigenvalue weighted by Gasteiger charge is -2.07. The van der Waals surface area contributed by atoms with Crippen LogP contribution in [0.4, 0.5) is 5.69 Å². The second-order valence-electron chi connectivity index (χ2n) is 5.10. The number of amides is 1. The fourth-order valence-electron chi connectivity index (χ4n) is 2.26. The number of anilines is 1. The van der Waals surface area contributed by atoms with Crippen LogP contribution in [0.3, 0.4) is 0 Å². The van der Waals surface area contributed by atoms with Crippen LogP contribution in [0.1, 0.15) is 5.56 Å². The van der Waals surface area contributed by atoms with E-state index in [0.717, 1.165) is 5.56 Å². The Bertz CT molecular complexity index is 910. The minimum Gasteiger partial charge on any atom is -0.325 e. The minimum atomic E-state index is -0.280. The molecule has 1 N–H and O–H groups in total. The number of benzene rings is 1. The van der Waals surface area contributed by atoms with Crippen LogP contribution in [0.15, 0.2) is 41.6 Å². The zero-order valence-corrected chi connectivity index (χ0v) is 12.3. The lowest BCUT2D eigenvalue weighted by Crippen LogP contribution is -2.27. The van der Waals surface area contributed by atoms with Gasteiger partial charge in [0.15, 0.2) is 5.65 Å². The SMILES string of the molecule is Cc1cccc(NC(=O)Cn2cnc3c(cnn3C)c2=O)c1. The van der Waals surface area contributed by atoms with Crippen molar-refractivity contribution in [3.63, 3.8) is 0 Å². The third-order valence-electron chi connectivity index (χ3n) is 3.33. The molecule has 0 aliphatic carbocycles. The maximum atomic E-state index is 12.3. The van der Waals surface area contributed by atoms with Crippen LogP contribution in [-0.2, 0) is 18.4 Å². The van der Waals surface area contributed by atoms with Crippen LogP contribution in [0, 0.1) is 6.92 Å². The van der Waals surface area contributed by atoms with Crippen LogP contribution >= 0.6 is 0 Å². The lowest BCUT2D eigenvalue weighted by molar-refractivity contribution is -0.116. The molecular formula is C15H15N5O2. The zero-order chi connectivity index (χ0) is 15.7. The molecule has 112 valence electrons. The third kappa shape index (κ3) is 2.60. The first-order chi connectivity index (χ1) is 10.5. The smallest absolute Gasteiger partial charge is 0.264 e. The normalized spacial score (nSPS) is 10.8. The maximum Gasteiger partial charge on any atom is 0.264 e. The highest BCUT2D eigenvalue weighted by atomic mass is 16.2. The highest BCUT2D eigenvalue weighted by Gasteiger charge is 2.10. The van der Waals surface area contributed by atoms with E-state index in [2.05, 4.69) is 15.4 Å². The predicted octanol–water partition coefficient (Wildman–Crippen LogP) is 1.08. The molecule has 0 saturated heterocycles. The molecule has 1 amide bonds. The van der Waals surface area contributed by atoms with Crippen molar-refractivity contribution in [3.8, 4) is 0 Å². The number of carbonyl (C=O) groups is 1. The van der Waals surface area contributed by atoms with Crippen molar-refractivity contribution in [1.82, 2.24) is 19.3 Å². The van der Waals surface area contributed by atoms with Crippen molar-refractivity contribution >= 4 is 22.6 Å². The quantitative estimate of drug-likeness (QED) is 0.784. The highest BCUT2D eigenvalue weighted by molar-refractivity contribution is 5.90. The Hall–Kier alpha value is -2.96. The van der Waals surface area contributed by atoms with Gasteiger partial charge in [-0.05, 0) is 24.6 Å². The van der Waals surface area contributed by atoms with E-state index in [1.54, 1.807) is 13.1 Å². The summed E-state index contributed by atoms with van der Waals surface area (Å²) in [6.45, 7) is 1.85. The second-order valence-corrected chi connectivity index (χ2v) is 5.10. The number of rotatable bonds is 3. The summed E-state index contributed by atoms with van der Waals surface area (Å²) in [7, 11) is 1.71. The average Bonchev–Trinajstić information content (AvgIpc) is 2.84. The van der Waals surface area contributed by atoms with Crippen LogP contribution in [0.2, 0.25) is 0 Å². The molecule has 0 aliphatic rings. The first kappa shape index (κ1) is 14.0. The van der Waals surface area contributed by atoms with E-state index in [0.29, 0.717) is 16.7 Å². The maximum absolute atomic E-state index is 12.3. The van der Waals surface area contributed by atoms with E-state index in [-0.39, 0.29) is 18.0 Å². The van der Waals surface area contributed by atoms with E-state index in [9.17, 15) is 9.59 Å². The summed E-state index contributed by atoms with van der Waals surface area (Å²) in [5, 5.41) is 7.16. The highest BCUT2D eigenvalue weighted by Crippen LogP contribution is 2.09. The zero-order valence-electron chi connectivity index (χ0n) is 12.3. The van der Waals surface area contributed by atoms with E-state index in [1.807, 2.05) is 25.1 Å². The summed E-state index contributed by atoms with van der Waals surface area (Å²) in [6, 6.07) is 7.47. The van der Waals surface area contributed by atoms with E-state index < -0.39 is 0 Å². The van der Waals surface area contributed by atoms with Crippen molar-refractivity contribution in [2.75, 3.05) is 5.32 Å². The van der Waals surface area contributed by atoms with Crippen LogP contribution in [0.25, 0.3) is 11.0 Å². The van der Waals surface area contributed by atoms with Gasteiger partial charge in [-0.3, -0.25) is 18.8 Å². The van der Waals surface area contributed by atoms with Gasteiger partial charge in [-0.2, -0.15) is 5.10 Å². The molecule has 7 heteroatoms. The average molecular weight is 297 g/mol. The van der Waals surface area contributed by atoms with Crippen LogP contribution < -0.4 is 10.9 Å². The number of hydrogen-bond acceptors (Lipinski definition) is 4. The molecule has 0 fully saturated rings. The van der Waals surface area contributed by atoms with Gasteiger partial charge in [0.2, 0.25) is 5.91 Å². The van der Waals surface area contributed by atoms with Gasteiger partial charge in [0.25, 0.3) is 5.56 Å². The molecule has 0 saturated carbocycles. The summed E-state index contributed by atoms with van der Waals surface area (Å²) >= 11 is 0. The van der Waals surface area contributed by atoms with Crippen molar-refractivity contribution in [2.24, 2.45) is 7.05 Å². The first-order valence-electron chi connectivity index (χ1n) is 6.78. The number of nitrogens with one attached hydrogen (secondary N) is 1. The molecule has 0 radical (unpaired) electrons. The molecule has 1 aromatic carbocycles. The van der Waals surface area contributed by atoms with Crippen molar-refractivity contribution < 1.29 is 4.79 Å². The van der Waals surface area contributed by atoms with Gasteiger partial charge in [-0.15, -0.1) is 0 Å². The Balaban J connectivity index is 1.82. The molecule has 2 heterocycles. The molecule has 3 rings (SSSR count). The number of aryl methyl sites for hydroxylation is 2. The summed E-state index contributed by atoms with van der Waals surface area (Å²) in [6.07, 6.45) is 2.82. The van der Waals surface area contributed by atoms with Gasteiger partial charge >= 0.3 is 0 Å². The number of fused-ring (bicyclic) bond motifs is 1. The molecule has 0 unspecified atom stereocenters. The van der Waals surface area contributed by atoms with Crippen molar-refractivity contribution in [2.45, 2.75) is 13.5 Å². The first-order valence-corrected chi connectivity index (χ1v) is 6.78. The topological polar surface area (TPSA) is 81.8 Å². The Morgan fingerprint density at radius 3 is 2.95 bits per heavy atom. The summed E-state index contributed by atoms with van der Waals surface area (Å²) in [4.78, 5) is 28.5. The van der Waals surface area contributed by atoms with E-state index >= 15 is 0 Å². The Kier molecular flexibility index (Phi) is 3.46. The van der Waals surface area contributed by atoms with E-state index in [1.165, 1.54) is 21.8 Å². The molecule has 3 aromatic rings. The van der Waals surface area contributed by atoms with Crippen molar-refractivity contribution in [3.05, 3.63) is 52.7 Å². The largest absolute Gasteiger partial charge is 0.325 e. The third-order valence-corrected chi connectivity index (χ3v) is 3.33. The molecule has 0 aliphatic heterocycles. The van der Waals surface area contributed by atoms with Crippen LogP contribution in [0.5, 0.6) is 0 Å². The van der Waals surface area contributed by atoms with Gasteiger partial charge in [-0.1, -0.05) is 12.1 Å². The number of aromatic nitrogens is 4. The molecule has 0 atom stereocenters. The Morgan fingerprint density at radius 2 is 2.18 bits per heavy atom. The number of carbonyl (C=O) groups excluding carboxylic acids is 1. The Labute approximate surface area is 126 Å². The fraction of sp³-hybridized carbons (Fsp3) is 0.200. The van der Waals surface area contributed by atoms with Gasteiger partial charge < -0.3 is 5.32 Å². The molecule has 2 aromatic heterocycles. The summed E-state index contributed by atoms with van der Waals surface area (Å²) < 4.78 is 2.79. The second kappa shape index (κ2) is 5.44. The molecule has 22 heavy (non-hydrogen) atoms. The standard InChI is InChI=1S/C15H15N5O2/c1-10-4-3-5-11(6-10)18-13(21)8-20-9-16-14-12(15(20)22)7-17-19(14)2/h3-7,9H,8H2,1-2H3,(H,18,21). The molecule has 0 spiro atoms. The number of nitrogens with zero attached hydrogens (tertiary/aromatic N) is 4. The van der Waals surface area contributed by atoms with Gasteiger partial charge in [0.1, 0.15) is 18.3 Å². The lowest BCUT2D eigenvalue weighted by atomic mass is 10.2. The van der Waals surface area contributed by atoms with Gasteiger partial charge in [0.05, 0.1) is 6.20 Å². The van der Waals surface area contributed by atoms with Crippen LogP contribution in [-0.4, -0.2) is 25.2 Å². The predicted molar refractivity (Wildman–Crippen MR) is 82.6 cm³/mol. The number of hydrogen-bond donors (Lipinski definition) is 1. The fourth-order valence-corrected chi connectivity index (χ4v) is 2.26. The van der Waals surface area contributed by atoms with Gasteiger partial charge in [0, 0.05) is 12.7 Å². The Morgan fingerprint density at radius 1 is 1.36 bits per heavy atom. The molecule has 0 bridgehead atoms. The summed E-state index contributed by atoms with van der Waals surface area (Å²) in [5.41, 5.74) is 1.97. The molecule has 7 nitrogen and oxygen atoms in total. The van der Waals surface area contributed by atoms with Gasteiger partial charge in [-0.25, -0.2) is 4.98 Å². The monoisotopic (exact) mass is 297 g/mol. The molecular weight excluding hydrogens is 282 g/mol. The minimum absolute atomic E-state index is 0.0926. The summed E-state index contributed by atoms with van der Waals surface area (Å²) in [5.74, 6) is -0.280. The van der Waals surface area contributed by atoms with Crippen molar-refractivity contribution in [1.29, 1.82) is 0 Å². The van der Waals surface area contributed by atoms with E-state index in [4.69, 9.17) is 0 Å².